The molecule has 96 valence electrons. The Kier molecular flexibility index (Phi) is 3.08. The molecule has 1 aliphatic heterocycles. The molecule has 1 N–H and O–H groups in total. The van der Waals surface area contributed by atoms with Crippen molar-refractivity contribution in [3.05, 3.63) is 35.4 Å². The van der Waals surface area contributed by atoms with Crippen LogP contribution in [0.2, 0.25) is 0 Å². The third-order valence-corrected chi connectivity index (χ3v) is 4.41. The zero-order chi connectivity index (χ0) is 12.5. The van der Waals surface area contributed by atoms with E-state index in [1.165, 1.54) is 37.9 Å². The van der Waals surface area contributed by atoms with Gasteiger partial charge in [-0.1, -0.05) is 18.6 Å². The lowest BCUT2D eigenvalue weighted by atomic mass is 10.0. The van der Waals surface area contributed by atoms with Crippen LogP contribution in [0.1, 0.15) is 35.2 Å². The predicted octanol–water partition coefficient (Wildman–Crippen LogP) is 2.62. The number of carbonyl (C=O) groups is 1. The first-order valence-electron chi connectivity index (χ1n) is 6.77. The normalized spacial score (nSPS) is 27.3. The molecule has 0 aromatic heterocycles. The number of fused-ring (bicyclic) bond motifs is 1. The highest BCUT2D eigenvalue weighted by atomic mass is 16.4. The highest BCUT2D eigenvalue weighted by Gasteiger charge is 2.35. The fourth-order valence-corrected chi connectivity index (χ4v) is 3.47. The van der Waals surface area contributed by atoms with Crippen LogP contribution in [0.15, 0.2) is 24.3 Å². The molecule has 3 heteroatoms. The van der Waals surface area contributed by atoms with E-state index in [-0.39, 0.29) is 0 Å². The van der Waals surface area contributed by atoms with Crippen molar-refractivity contribution in [1.29, 1.82) is 0 Å². The lowest BCUT2D eigenvalue weighted by molar-refractivity contribution is 0.0697. The second-order valence-corrected chi connectivity index (χ2v) is 5.65. The van der Waals surface area contributed by atoms with E-state index in [4.69, 9.17) is 5.11 Å². The average Bonchev–Trinajstić information content (AvgIpc) is 2.90. The van der Waals surface area contributed by atoms with Gasteiger partial charge in [-0.05, 0) is 42.4 Å². The number of carboxylic acid groups (broad SMARTS) is 1. The molecule has 18 heavy (non-hydrogen) atoms. The maximum atomic E-state index is 10.8. The Hall–Kier alpha value is -1.35. The summed E-state index contributed by atoms with van der Waals surface area (Å²) in [4.78, 5) is 13.3. The van der Waals surface area contributed by atoms with Gasteiger partial charge in [0.05, 0.1) is 5.56 Å². The van der Waals surface area contributed by atoms with Gasteiger partial charge in [-0.3, -0.25) is 4.90 Å². The third kappa shape index (κ3) is 2.27. The predicted molar refractivity (Wildman–Crippen MR) is 69.5 cm³/mol. The molecule has 1 heterocycles. The van der Waals surface area contributed by atoms with Crippen LogP contribution in [0.4, 0.5) is 0 Å². The summed E-state index contributed by atoms with van der Waals surface area (Å²) in [6.45, 7) is 3.42. The number of hydrogen-bond donors (Lipinski definition) is 1. The molecule has 3 nitrogen and oxygen atoms in total. The molecule has 0 radical (unpaired) electrons. The Labute approximate surface area is 107 Å². The lowest BCUT2D eigenvalue weighted by Crippen LogP contribution is -2.21. The Morgan fingerprint density at radius 3 is 2.33 bits per heavy atom. The molecule has 2 atom stereocenters. The first kappa shape index (κ1) is 11.7. The molecule has 1 aromatic carbocycles. The quantitative estimate of drug-likeness (QED) is 0.890. The van der Waals surface area contributed by atoms with E-state index in [1.54, 1.807) is 12.1 Å². The SMILES string of the molecule is O=C(O)c1ccc(CN2CC3CCCC3C2)cc1. The molecule has 1 saturated heterocycles. The summed E-state index contributed by atoms with van der Waals surface area (Å²) >= 11 is 0. The van der Waals surface area contributed by atoms with E-state index < -0.39 is 5.97 Å². The number of nitrogens with zero attached hydrogens (tertiary/aromatic N) is 1. The van der Waals surface area contributed by atoms with E-state index in [2.05, 4.69) is 4.90 Å². The molecule has 0 spiro atoms. The highest BCUT2D eigenvalue weighted by Crippen LogP contribution is 2.38. The molecule has 1 saturated carbocycles. The van der Waals surface area contributed by atoms with Crippen LogP contribution in [0.5, 0.6) is 0 Å². The van der Waals surface area contributed by atoms with Crippen LogP contribution in [0.3, 0.4) is 0 Å². The van der Waals surface area contributed by atoms with Gasteiger partial charge in [-0.25, -0.2) is 4.79 Å². The summed E-state index contributed by atoms with van der Waals surface area (Å²) < 4.78 is 0. The summed E-state index contributed by atoms with van der Waals surface area (Å²) in [5, 5.41) is 8.86. The number of carboxylic acids is 1. The van der Waals surface area contributed by atoms with E-state index in [1.807, 2.05) is 12.1 Å². The molecule has 2 aliphatic rings. The molecule has 0 bridgehead atoms. The number of rotatable bonds is 3. The summed E-state index contributed by atoms with van der Waals surface area (Å²) in [6, 6.07) is 7.29. The van der Waals surface area contributed by atoms with Crippen molar-refractivity contribution in [2.45, 2.75) is 25.8 Å². The van der Waals surface area contributed by atoms with Gasteiger partial charge in [0.1, 0.15) is 0 Å². The molecule has 2 unspecified atom stereocenters. The Balaban J connectivity index is 1.61. The number of hydrogen-bond acceptors (Lipinski definition) is 2. The maximum Gasteiger partial charge on any atom is 0.335 e. The molecular formula is C15H19NO2. The molecule has 3 rings (SSSR count). The minimum Gasteiger partial charge on any atom is -0.478 e. The topological polar surface area (TPSA) is 40.5 Å². The molecule has 0 amide bonds. The second kappa shape index (κ2) is 4.73. The number of likely N-dealkylation sites (tertiary alicyclic amines) is 1. The van der Waals surface area contributed by atoms with E-state index in [0.717, 1.165) is 18.4 Å². The van der Waals surface area contributed by atoms with E-state index in [0.29, 0.717) is 5.56 Å². The number of benzene rings is 1. The van der Waals surface area contributed by atoms with Crippen molar-refractivity contribution >= 4 is 5.97 Å². The minimum atomic E-state index is -0.850. The Bertz CT molecular complexity index is 428. The smallest absolute Gasteiger partial charge is 0.335 e. The Morgan fingerprint density at radius 1 is 1.17 bits per heavy atom. The van der Waals surface area contributed by atoms with Crippen molar-refractivity contribution in [3.63, 3.8) is 0 Å². The highest BCUT2D eigenvalue weighted by molar-refractivity contribution is 5.87. The van der Waals surface area contributed by atoms with Crippen LogP contribution in [-0.2, 0) is 6.54 Å². The van der Waals surface area contributed by atoms with Gasteiger partial charge in [0.15, 0.2) is 0 Å². The molecule has 1 aliphatic carbocycles. The van der Waals surface area contributed by atoms with Crippen LogP contribution in [0, 0.1) is 11.8 Å². The molecule has 2 fully saturated rings. The standard InChI is InChI=1S/C15H19NO2/c17-15(18)12-6-4-11(5-7-12)8-16-9-13-2-1-3-14(13)10-16/h4-7,13-14H,1-3,8-10H2,(H,17,18). The van der Waals surface area contributed by atoms with Crippen molar-refractivity contribution in [2.24, 2.45) is 11.8 Å². The fraction of sp³-hybridized carbons (Fsp3) is 0.533. The van der Waals surface area contributed by atoms with Gasteiger partial charge >= 0.3 is 5.97 Å². The van der Waals surface area contributed by atoms with Crippen molar-refractivity contribution in [1.82, 2.24) is 4.90 Å². The van der Waals surface area contributed by atoms with Crippen LogP contribution in [-0.4, -0.2) is 29.1 Å². The Morgan fingerprint density at radius 2 is 1.78 bits per heavy atom. The minimum absolute atomic E-state index is 0.372. The zero-order valence-corrected chi connectivity index (χ0v) is 10.5. The van der Waals surface area contributed by atoms with Gasteiger partial charge in [-0.2, -0.15) is 0 Å². The average molecular weight is 245 g/mol. The van der Waals surface area contributed by atoms with Crippen LogP contribution in [0.25, 0.3) is 0 Å². The first-order chi connectivity index (χ1) is 8.72. The second-order valence-electron chi connectivity index (χ2n) is 5.65. The lowest BCUT2D eigenvalue weighted by Gasteiger charge is -2.16. The monoisotopic (exact) mass is 245 g/mol. The van der Waals surface area contributed by atoms with Crippen LogP contribution < -0.4 is 0 Å². The van der Waals surface area contributed by atoms with Gasteiger partial charge in [-0.15, -0.1) is 0 Å². The van der Waals surface area contributed by atoms with Gasteiger partial charge in [0, 0.05) is 19.6 Å². The van der Waals surface area contributed by atoms with Crippen LogP contribution >= 0.6 is 0 Å². The van der Waals surface area contributed by atoms with Gasteiger partial charge in [0.2, 0.25) is 0 Å². The summed E-state index contributed by atoms with van der Waals surface area (Å²) in [6.07, 6.45) is 4.22. The third-order valence-electron chi connectivity index (χ3n) is 4.41. The van der Waals surface area contributed by atoms with E-state index >= 15 is 0 Å². The summed E-state index contributed by atoms with van der Waals surface area (Å²) in [5.74, 6) is 0.990. The first-order valence-corrected chi connectivity index (χ1v) is 6.77. The van der Waals surface area contributed by atoms with Gasteiger partial charge < -0.3 is 5.11 Å². The zero-order valence-electron chi connectivity index (χ0n) is 10.5. The van der Waals surface area contributed by atoms with E-state index in [9.17, 15) is 4.79 Å². The van der Waals surface area contributed by atoms with Crippen molar-refractivity contribution < 1.29 is 9.90 Å². The summed E-state index contributed by atoms with van der Waals surface area (Å²) in [5.41, 5.74) is 1.59. The summed E-state index contributed by atoms with van der Waals surface area (Å²) in [7, 11) is 0. The maximum absolute atomic E-state index is 10.8. The largest absolute Gasteiger partial charge is 0.478 e. The van der Waals surface area contributed by atoms with Crippen molar-refractivity contribution in [3.8, 4) is 0 Å². The molecule has 1 aromatic rings. The van der Waals surface area contributed by atoms with Gasteiger partial charge in [0.25, 0.3) is 0 Å². The molecular weight excluding hydrogens is 226 g/mol. The van der Waals surface area contributed by atoms with Crippen molar-refractivity contribution in [2.75, 3.05) is 13.1 Å². The number of aromatic carboxylic acids is 1. The fourth-order valence-electron chi connectivity index (χ4n) is 3.47.